The monoisotopic (exact) mass is 202 g/mol. The highest BCUT2D eigenvalue weighted by Crippen LogP contribution is 2.11. The first-order valence-electron chi connectivity index (χ1n) is 5.25. The predicted octanol–water partition coefficient (Wildman–Crippen LogP) is 0.119. The highest BCUT2D eigenvalue weighted by atomic mass is 16.3. The summed E-state index contributed by atoms with van der Waals surface area (Å²) in [5, 5.41) is 15.1. The Balaban J connectivity index is 3.61. The van der Waals surface area contributed by atoms with E-state index in [1.54, 1.807) is 7.05 Å². The molecule has 0 aromatic heterocycles. The fourth-order valence-corrected chi connectivity index (χ4v) is 1.42. The number of carbonyl (C=O) groups is 1. The van der Waals surface area contributed by atoms with Gasteiger partial charge in [-0.15, -0.1) is 0 Å². The second-order valence-corrected chi connectivity index (χ2v) is 3.45. The Hall–Kier alpha value is -0.610. The maximum atomic E-state index is 10.8. The van der Waals surface area contributed by atoms with Gasteiger partial charge in [-0.2, -0.15) is 0 Å². The SMILES string of the molecule is CCC(CC)C(O)CNCC(=O)NC. The van der Waals surface area contributed by atoms with Gasteiger partial charge in [-0.3, -0.25) is 4.79 Å². The number of rotatable bonds is 7. The van der Waals surface area contributed by atoms with Gasteiger partial charge in [-0.25, -0.2) is 0 Å². The van der Waals surface area contributed by atoms with Crippen LogP contribution in [0.3, 0.4) is 0 Å². The average Bonchev–Trinajstić information content (AvgIpc) is 2.19. The summed E-state index contributed by atoms with van der Waals surface area (Å²) in [6, 6.07) is 0. The molecule has 0 radical (unpaired) electrons. The van der Waals surface area contributed by atoms with Crippen LogP contribution in [0, 0.1) is 5.92 Å². The Morgan fingerprint density at radius 3 is 2.36 bits per heavy atom. The second kappa shape index (κ2) is 7.76. The van der Waals surface area contributed by atoms with Crippen molar-refractivity contribution in [3.05, 3.63) is 0 Å². The zero-order valence-electron chi connectivity index (χ0n) is 9.34. The molecular formula is C10H22N2O2. The van der Waals surface area contributed by atoms with Crippen molar-refractivity contribution in [1.82, 2.24) is 10.6 Å². The highest BCUT2D eigenvalue weighted by molar-refractivity contribution is 5.77. The molecular weight excluding hydrogens is 180 g/mol. The molecule has 1 amide bonds. The van der Waals surface area contributed by atoms with E-state index in [2.05, 4.69) is 24.5 Å². The molecule has 0 saturated carbocycles. The van der Waals surface area contributed by atoms with Crippen LogP contribution in [-0.4, -0.2) is 37.3 Å². The van der Waals surface area contributed by atoms with E-state index in [1.807, 2.05) is 0 Å². The second-order valence-electron chi connectivity index (χ2n) is 3.45. The Kier molecular flexibility index (Phi) is 7.42. The molecule has 84 valence electrons. The highest BCUT2D eigenvalue weighted by Gasteiger charge is 2.14. The molecule has 0 saturated heterocycles. The summed E-state index contributed by atoms with van der Waals surface area (Å²) >= 11 is 0. The van der Waals surface area contributed by atoms with Crippen LogP contribution in [0.15, 0.2) is 0 Å². The van der Waals surface area contributed by atoms with Gasteiger partial charge >= 0.3 is 0 Å². The normalized spacial score (nSPS) is 12.9. The quantitative estimate of drug-likeness (QED) is 0.549. The number of carbonyl (C=O) groups excluding carboxylic acids is 1. The van der Waals surface area contributed by atoms with Crippen molar-refractivity contribution in [2.24, 2.45) is 5.92 Å². The van der Waals surface area contributed by atoms with E-state index < -0.39 is 0 Å². The van der Waals surface area contributed by atoms with Crippen LogP contribution in [0.25, 0.3) is 0 Å². The van der Waals surface area contributed by atoms with E-state index in [9.17, 15) is 9.90 Å². The summed E-state index contributed by atoms with van der Waals surface area (Å²) in [5.41, 5.74) is 0. The molecule has 4 heteroatoms. The van der Waals surface area contributed by atoms with Gasteiger partial charge in [0.15, 0.2) is 0 Å². The molecule has 0 spiro atoms. The number of hydrogen-bond acceptors (Lipinski definition) is 3. The molecule has 0 aliphatic heterocycles. The van der Waals surface area contributed by atoms with Crippen LogP contribution in [0.1, 0.15) is 26.7 Å². The Labute approximate surface area is 86.1 Å². The molecule has 3 N–H and O–H groups in total. The molecule has 0 fully saturated rings. The van der Waals surface area contributed by atoms with Crippen LogP contribution in [0.2, 0.25) is 0 Å². The molecule has 0 aromatic rings. The van der Waals surface area contributed by atoms with Crippen molar-refractivity contribution < 1.29 is 9.90 Å². The first-order chi connectivity index (χ1) is 6.65. The zero-order chi connectivity index (χ0) is 11.0. The summed E-state index contributed by atoms with van der Waals surface area (Å²) in [6.07, 6.45) is 1.59. The molecule has 0 aliphatic carbocycles. The smallest absolute Gasteiger partial charge is 0.233 e. The van der Waals surface area contributed by atoms with Crippen LogP contribution in [0.5, 0.6) is 0 Å². The zero-order valence-corrected chi connectivity index (χ0v) is 9.34. The third-order valence-corrected chi connectivity index (χ3v) is 2.51. The number of aliphatic hydroxyl groups is 1. The van der Waals surface area contributed by atoms with E-state index in [1.165, 1.54) is 0 Å². The van der Waals surface area contributed by atoms with Crippen LogP contribution in [-0.2, 0) is 4.79 Å². The lowest BCUT2D eigenvalue weighted by molar-refractivity contribution is -0.119. The van der Waals surface area contributed by atoms with Crippen LogP contribution < -0.4 is 10.6 Å². The third-order valence-electron chi connectivity index (χ3n) is 2.51. The lowest BCUT2D eigenvalue weighted by atomic mass is 9.97. The van der Waals surface area contributed by atoms with Crippen molar-refractivity contribution in [1.29, 1.82) is 0 Å². The Bertz CT molecular complexity index is 158. The van der Waals surface area contributed by atoms with Gasteiger partial charge in [-0.1, -0.05) is 26.7 Å². The Morgan fingerprint density at radius 2 is 1.93 bits per heavy atom. The minimum atomic E-state index is -0.352. The van der Waals surface area contributed by atoms with Gasteiger partial charge in [0, 0.05) is 13.6 Å². The van der Waals surface area contributed by atoms with E-state index in [-0.39, 0.29) is 18.6 Å². The minimum Gasteiger partial charge on any atom is -0.392 e. The van der Waals surface area contributed by atoms with E-state index in [0.29, 0.717) is 12.5 Å². The van der Waals surface area contributed by atoms with Gasteiger partial charge in [0.1, 0.15) is 0 Å². The summed E-state index contributed by atoms with van der Waals surface area (Å²) in [6.45, 7) is 4.89. The number of likely N-dealkylation sites (N-methyl/N-ethyl adjacent to an activating group) is 1. The van der Waals surface area contributed by atoms with E-state index in [4.69, 9.17) is 0 Å². The summed E-state index contributed by atoms with van der Waals surface area (Å²) in [5.74, 6) is 0.272. The van der Waals surface area contributed by atoms with Gasteiger partial charge < -0.3 is 15.7 Å². The van der Waals surface area contributed by atoms with Crippen molar-refractivity contribution in [2.75, 3.05) is 20.1 Å². The van der Waals surface area contributed by atoms with Gasteiger partial charge in [0.05, 0.1) is 12.6 Å². The predicted molar refractivity (Wildman–Crippen MR) is 57.0 cm³/mol. The van der Waals surface area contributed by atoms with Crippen LogP contribution in [0.4, 0.5) is 0 Å². The molecule has 0 bridgehead atoms. The fraction of sp³-hybridized carbons (Fsp3) is 0.900. The summed E-state index contributed by atoms with van der Waals surface area (Å²) < 4.78 is 0. The summed E-state index contributed by atoms with van der Waals surface area (Å²) in [4.78, 5) is 10.8. The maximum Gasteiger partial charge on any atom is 0.233 e. The molecule has 1 unspecified atom stereocenters. The molecule has 0 aliphatic rings. The Morgan fingerprint density at radius 1 is 1.36 bits per heavy atom. The van der Waals surface area contributed by atoms with Crippen molar-refractivity contribution in [2.45, 2.75) is 32.8 Å². The fourth-order valence-electron chi connectivity index (χ4n) is 1.42. The molecule has 0 rings (SSSR count). The third kappa shape index (κ3) is 5.19. The average molecular weight is 202 g/mol. The summed E-state index contributed by atoms with van der Waals surface area (Å²) in [7, 11) is 1.60. The maximum absolute atomic E-state index is 10.8. The molecule has 1 atom stereocenters. The van der Waals surface area contributed by atoms with Gasteiger partial charge in [-0.05, 0) is 5.92 Å². The molecule has 0 heterocycles. The number of nitrogens with one attached hydrogen (secondary N) is 2. The molecule has 0 aromatic carbocycles. The van der Waals surface area contributed by atoms with E-state index in [0.717, 1.165) is 12.8 Å². The molecule has 4 nitrogen and oxygen atoms in total. The molecule has 14 heavy (non-hydrogen) atoms. The largest absolute Gasteiger partial charge is 0.392 e. The van der Waals surface area contributed by atoms with Gasteiger partial charge in [0.25, 0.3) is 0 Å². The first kappa shape index (κ1) is 13.4. The van der Waals surface area contributed by atoms with E-state index >= 15 is 0 Å². The standard InChI is InChI=1S/C10H22N2O2/c1-4-8(5-2)9(13)6-12-7-10(14)11-3/h8-9,12-13H,4-7H2,1-3H3,(H,11,14). The number of hydrogen-bond donors (Lipinski definition) is 3. The van der Waals surface area contributed by atoms with Crippen molar-refractivity contribution in [3.8, 4) is 0 Å². The first-order valence-corrected chi connectivity index (χ1v) is 5.25. The van der Waals surface area contributed by atoms with Crippen molar-refractivity contribution >= 4 is 5.91 Å². The lowest BCUT2D eigenvalue weighted by Crippen LogP contribution is -2.38. The minimum absolute atomic E-state index is 0.0539. The van der Waals surface area contributed by atoms with Crippen LogP contribution >= 0.6 is 0 Å². The lowest BCUT2D eigenvalue weighted by Gasteiger charge is -2.20. The topological polar surface area (TPSA) is 61.4 Å². The number of aliphatic hydroxyl groups excluding tert-OH is 1. The van der Waals surface area contributed by atoms with Crippen molar-refractivity contribution in [3.63, 3.8) is 0 Å². The van der Waals surface area contributed by atoms with Gasteiger partial charge in [0.2, 0.25) is 5.91 Å². The number of amides is 1.